The predicted molar refractivity (Wildman–Crippen MR) is 51.4 cm³/mol. The van der Waals surface area contributed by atoms with Gasteiger partial charge in [-0.3, -0.25) is 5.32 Å². The average Bonchev–Trinajstić information content (AvgIpc) is 2.05. The molecule has 3 nitrogen and oxygen atoms in total. The fourth-order valence-electron chi connectivity index (χ4n) is 0.775. The van der Waals surface area contributed by atoms with E-state index in [1.54, 1.807) is 6.19 Å². The van der Waals surface area contributed by atoms with Crippen molar-refractivity contribution in [2.45, 2.75) is 32.6 Å². The number of ether oxygens (including phenoxy) is 1. The third-order valence-corrected chi connectivity index (χ3v) is 1.61. The quantitative estimate of drug-likeness (QED) is 0.308. The first kappa shape index (κ1) is 11.2. The minimum Gasteiger partial charge on any atom is -0.470 e. The van der Waals surface area contributed by atoms with Crippen LogP contribution in [0.25, 0.3) is 0 Å². The van der Waals surface area contributed by atoms with Crippen LogP contribution in [0, 0.1) is 11.5 Å². The van der Waals surface area contributed by atoms with Crippen LogP contribution in [0.1, 0.15) is 32.6 Å². The molecule has 0 fully saturated rings. The van der Waals surface area contributed by atoms with Crippen molar-refractivity contribution in [1.29, 1.82) is 5.26 Å². The Hall–Kier alpha value is -0.820. The van der Waals surface area contributed by atoms with Crippen molar-refractivity contribution in [3.05, 3.63) is 0 Å². The van der Waals surface area contributed by atoms with Gasteiger partial charge in [0.15, 0.2) is 6.19 Å². The van der Waals surface area contributed by atoms with E-state index in [4.69, 9.17) is 10.00 Å². The summed E-state index contributed by atoms with van der Waals surface area (Å²) in [5.74, 6) is 0. The van der Waals surface area contributed by atoms with Gasteiger partial charge in [-0.2, -0.15) is 5.26 Å². The van der Waals surface area contributed by atoms with E-state index in [1.807, 2.05) is 0 Å². The van der Waals surface area contributed by atoms with Crippen molar-refractivity contribution < 1.29 is 4.74 Å². The van der Waals surface area contributed by atoms with Gasteiger partial charge in [-0.25, -0.2) is 0 Å². The van der Waals surface area contributed by atoms with E-state index in [0.29, 0.717) is 6.61 Å². The molecule has 0 saturated carbocycles. The molecule has 68 valence electrons. The Balaban J connectivity index is 3.10. The number of nitrogens with zero attached hydrogens (tertiary/aromatic N) is 1. The van der Waals surface area contributed by atoms with Crippen LogP contribution in [-0.2, 0) is 4.74 Å². The first-order valence-corrected chi connectivity index (χ1v) is 4.54. The maximum atomic E-state index is 8.15. The summed E-state index contributed by atoms with van der Waals surface area (Å²) in [5, 5.41) is 10.6. The number of nitriles is 1. The molecule has 0 rings (SSSR count). The molecule has 0 unspecified atom stereocenters. The summed E-state index contributed by atoms with van der Waals surface area (Å²) in [7, 11) is 0. The molecule has 4 heteroatoms. The average molecular weight is 186 g/mol. The predicted octanol–water partition coefficient (Wildman–Crippen LogP) is 1.94. The second-order valence-corrected chi connectivity index (χ2v) is 2.80. The molecule has 0 aromatic carbocycles. The van der Waals surface area contributed by atoms with Gasteiger partial charge in [0.25, 0.3) is 5.17 Å². The summed E-state index contributed by atoms with van der Waals surface area (Å²) < 4.78 is 5.03. The first-order chi connectivity index (χ1) is 5.81. The summed E-state index contributed by atoms with van der Waals surface area (Å²) in [4.78, 5) is 0. The number of rotatable bonds is 5. The van der Waals surface area contributed by atoms with Crippen LogP contribution in [0.5, 0.6) is 0 Å². The Labute approximate surface area is 78.7 Å². The highest BCUT2D eigenvalue weighted by atomic mass is 32.1. The van der Waals surface area contributed by atoms with Gasteiger partial charge < -0.3 is 4.74 Å². The van der Waals surface area contributed by atoms with Gasteiger partial charge in [0, 0.05) is 0 Å². The minimum absolute atomic E-state index is 0.175. The molecule has 1 N–H and O–H groups in total. The van der Waals surface area contributed by atoms with Gasteiger partial charge in [-0.15, -0.1) is 0 Å². The van der Waals surface area contributed by atoms with Crippen molar-refractivity contribution >= 4 is 17.4 Å². The van der Waals surface area contributed by atoms with Crippen LogP contribution < -0.4 is 5.32 Å². The topological polar surface area (TPSA) is 45.0 Å². The fourth-order valence-corrected chi connectivity index (χ4v) is 0.904. The molecule has 0 amide bonds. The highest BCUT2D eigenvalue weighted by molar-refractivity contribution is 7.80. The highest BCUT2D eigenvalue weighted by Crippen LogP contribution is 1.98. The molecule has 0 atom stereocenters. The first-order valence-electron chi connectivity index (χ1n) is 4.13. The third kappa shape index (κ3) is 7.29. The Kier molecular flexibility index (Phi) is 7.71. The SMILES string of the molecule is CCCCCCOC(=S)NC#N. The maximum Gasteiger partial charge on any atom is 0.270 e. The number of hydrogen-bond acceptors (Lipinski definition) is 3. The summed E-state index contributed by atoms with van der Waals surface area (Å²) in [6.07, 6.45) is 6.30. The van der Waals surface area contributed by atoms with Crippen LogP contribution in [-0.4, -0.2) is 11.8 Å². The molecule has 0 aliphatic heterocycles. The van der Waals surface area contributed by atoms with E-state index in [1.165, 1.54) is 12.8 Å². The van der Waals surface area contributed by atoms with E-state index in [9.17, 15) is 0 Å². The lowest BCUT2D eigenvalue weighted by atomic mass is 10.2. The standard InChI is InChI=1S/C8H14N2OS/c1-2-3-4-5-6-11-8(12)10-7-9/h2-6H2,1H3,(H,10,12). The van der Waals surface area contributed by atoms with E-state index in [2.05, 4.69) is 24.5 Å². The minimum atomic E-state index is 0.175. The zero-order chi connectivity index (χ0) is 9.23. The molecular formula is C8H14N2OS. The molecule has 0 aliphatic rings. The van der Waals surface area contributed by atoms with Gasteiger partial charge in [0.1, 0.15) is 0 Å². The third-order valence-electron chi connectivity index (χ3n) is 1.39. The van der Waals surface area contributed by atoms with E-state index < -0.39 is 0 Å². The molecular weight excluding hydrogens is 172 g/mol. The van der Waals surface area contributed by atoms with Crippen molar-refractivity contribution in [2.24, 2.45) is 0 Å². The Morgan fingerprint density at radius 1 is 1.50 bits per heavy atom. The molecule has 0 aliphatic carbocycles. The Bertz CT molecular complexity index is 165. The second-order valence-electron chi connectivity index (χ2n) is 2.43. The zero-order valence-electron chi connectivity index (χ0n) is 7.30. The van der Waals surface area contributed by atoms with Crippen molar-refractivity contribution in [3.8, 4) is 6.19 Å². The monoisotopic (exact) mass is 186 g/mol. The molecule has 0 bridgehead atoms. The number of unbranched alkanes of at least 4 members (excludes halogenated alkanes) is 3. The molecule has 0 aromatic rings. The smallest absolute Gasteiger partial charge is 0.270 e. The van der Waals surface area contributed by atoms with Crippen molar-refractivity contribution in [3.63, 3.8) is 0 Å². The fraction of sp³-hybridized carbons (Fsp3) is 0.750. The molecule has 0 aromatic heterocycles. The van der Waals surface area contributed by atoms with Crippen molar-refractivity contribution in [1.82, 2.24) is 5.32 Å². The van der Waals surface area contributed by atoms with Gasteiger partial charge in [0.2, 0.25) is 0 Å². The van der Waals surface area contributed by atoms with Crippen LogP contribution in [0.4, 0.5) is 0 Å². The lowest BCUT2D eigenvalue weighted by Crippen LogP contribution is -2.18. The molecule has 12 heavy (non-hydrogen) atoms. The van der Waals surface area contributed by atoms with Crippen LogP contribution in [0.2, 0.25) is 0 Å². The molecule has 0 radical (unpaired) electrons. The lowest BCUT2D eigenvalue weighted by Gasteiger charge is -2.03. The summed E-state index contributed by atoms with van der Waals surface area (Å²) in [6.45, 7) is 2.76. The van der Waals surface area contributed by atoms with Crippen LogP contribution in [0.3, 0.4) is 0 Å². The Morgan fingerprint density at radius 2 is 2.25 bits per heavy atom. The molecule has 0 saturated heterocycles. The summed E-state index contributed by atoms with van der Waals surface area (Å²) in [5.41, 5.74) is 0. The Morgan fingerprint density at radius 3 is 2.83 bits per heavy atom. The summed E-state index contributed by atoms with van der Waals surface area (Å²) >= 11 is 4.68. The molecule has 0 heterocycles. The number of thiocarbonyl (C=S) groups is 1. The number of hydrogen-bond donors (Lipinski definition) is 1. The van der Waals surface area contributed by atoms with E-state index in [-0.39, 0.29) is 5.17 Å². The van der Waals surface area contributed by atoms with Crippen molar-refractivity contribution in [2.75, 3.05) is 6.61 Å². The largest absolute Gasteiger partial charge is 0.470 e. The normalized spacial score (nSPS) is 8.67. The van der Waals surface area contributed by atoms with Crippen LogP contribution >= 0.6 is 12.2 Å². The van der Waals surface area contributed by atoms with E-state index in [0.717, 1.165) is 12.8 Å². The van der Waals surface area contributed by atoms with Crippen LogP contribution in [0.15, 0.2) is 0 Å². The lowest BCUT2D eigenvalue weighted by molar-refractivity contribution is 0.291. The highest BCUT2D eigenvalue weighted by Gasteiger charge is 1.93. The summed E-state index contributed by atoms with van der Waals surface area (Å²) in [6, 6.07) is 0. The van der Waals surface area contributed by atoms with E-state index >= 15 is 0 Å². The van der Waals surface area contributed by atoms with Gasteiger partial charge in [-0.1, -0.05) is 26.2 Å². The molecule has 0 spiro atoms. The second kappa shape index (κ2) is 8.28. The maximum absolute atomic E-state index is 8.15. The zero-order valence-corrected chi connectivity index (χ0v) is 8.12. The number of nitrogens with one attached hydrogen (secondary N) is 1. The van der Waals surface area contributed by atoms with Gasteiger partial charge in [-0.05, 0) is 18.6 Å². The van der Waals surface area contributed by atoms with Gasteiger partial charge in [0.05, 0.1) is 6.61 Å². The van der Waals surface area contributed by atoms with Gasteiger partial charge >= 0.3 is 0 Å².